The van der Waals surface area contributed by atoms with E-state index in [2.05, 4.69) is 30.0 Å². The van der Waals surface area contributed by atoms with Crippen molar-refractivity contribution in [1.29, 1.82) is 0 Å². The fourth-order valence-electron chi connectivity index (χ4n) is 3.36. The monoisotopic (exact) mass is 336 g/mol. The highest BCUT2D eigenvalue weighted by molar-refractivity contribution is 7.27. The van der Waals surface area contributed by atoms with Crippen LogP contribution in [0.3, 0.4) is 0 Å². The van der Waals surface area contributed by atoms with Crippen LogP contribution in [0.1, 0.15) is 95.2 Å². The summed E-state index contributed by atoms with van der Waals surface area (Å²) >= 11 is 0. The quantitative estimate of drug-likeness (QED) is 0.362. The number of unbranched alkanes of at least 4 members (excludes halogenated alkanes) is 6. The molecule has 1 rings (SSSR count). The SMILES string of the molecule is CCCCCc1c(O)cc(P)c(CCCCC)c1CCCCC. The second kappa shape index (κ2) is 11.9. The molecule has 0 aliphatic heterocycles. The van der Waals surface area contributed by atoms with Gasteiger partial charge in [0.1, 0.15) is 5.75 Å². The van der Waals surface area contributed by atoms with Gasteiger partial charge in [0, 0.05) is 0 Å². The van der Waals surface area contributed by atoms with E-state index in [-0.39, 0.29) is 0 Å². The molecule has 132 valence electrons. The molecule has 0 spiro atoms. The Morgan fingerprint density at radius 3 is 1.61 bits per heavy atom. The van der Waals surface area contributed by atoms with Gasteiger partial charge in [-0.05, 0) is 66.6 Å². The van der Waals surface area contributed by atoms with Crippen molar-refractivity contribution < 1.29 is 5.11 Å². The Kier molecular flexibility index (Phi) is 10.6. The van der Waals surface area contributed by atoms with Crippen molar-refractivity contribution in [2.45, 2.75) is 97.8 Å². The summed E-state index contributed by atoms with van der Waals surface area (Å²) in [5.41, 5.74) is 4.21. The Bertz CT molecular complexity index is 419. The first-order valence-corrected chi connectivity index (χ1v) is 10.3. The van der Waals surface area contributed by atoms with Crippen molar-refractivity contribution in [3.63, 3.8) is 0 Å². The minimum atomic E-state index is 0.525. The molecule has 1 N–H and O–H groups in total. The minimum Gasteiger partial charge on any atom is -0.508 e. The molecule has 1 nitrogen and oxygen atoms in total. The predicted molar refractivity (Wildman–Crippen MR) is 107 cm³/mol. The summed E-state index contributed by atoms with van der Waals surface area (Å²) in [6.07, 6.45) is 14.6. The van der Waals surface area contributed by atoms with Crippen molar-refractivity contribution >= 4 is 14.5 Å². The first-order valence-electron chi connectivity index (χ1n) is 9.77. The number of hydrogen-bond acceptors (Lipinski definition) is 1. The highest BCUT2D eigenvalue weighted by Gasteiger charge is 2.15. The third-order valence-electron chi connectivity index (χ3n) is 4.77. The van der Waals surface area contributed by atoms with E-state index in [0.29, 0.717) is 5.75 Å². The van der Waals surface area contributed by atoms with Gasteiger partial charge in [-0.15, -0.1) is 9.24 Å². The molecule has 0 aromatic heterocycles. The van der Waals surface area contributed by atoms with E-state index < -0.39 is 0 Å². The lowest BCUT2D eigenvalue weighted by Gasteiger charge is -2.19. The maximum atomic E-state index is 10.5. The molecule has 0 saturated carbocycles. The second-order valence-corrected chi connectivity index (χ2v) is 7.41. The number of aromatic hydroxyl groups is 1. The zero-order valence-corrected chi connectivity index (χ0v) is 16.7. The molecule has 23 heavy (non-hydrogen) atoms. The summed E-state index contributed by atoms with van der Waals surface area (Å²) in [5.74, 6) is 0.525. The lowest BCUT2D eigenvalue weighted by Crippen LogP contribution is -2.11. The first kappa shape index (κ1) is 20.5. The van der Waals surface area contributed by atoms with Crippen LogP contribution < -0.4 is 5.30 Å². The van der Waals surface area contributed by atoms with Crippen molar-refractivity contribution in [1.82, 2.24) is 0 Å². The third kappa shape index (κ3) is 6.84. The highest BCUT2D eigenvalue weighted by atomic mass is 31.0. The Hall–Kier alpha value is -0.550. The molecular weight excluding hydrogens is 299 g/mol. The lowest BCUT2D eigenvalue weighted by molar-refractivity contribution is 0.465. The van der Waals surface area contributed by atoms with E-state index in [0.717, 1.165) is 19.3 Å². The molecule has 1 aromatic carbocycles. The molecule has 2 heteroatoms. The molecule has 0 fully saturated rings. The number of phenolic OH excluding ortho intramolecular Hbond substituents is 1. The van der Waals surface area contributed by atoms with Crippen LogP contribution in [0.25, 0.3) is 0 Å². The van der Waals surface area contributed by atoms with E-state index >= 15 is 0 Å². The van der Waals surface area contributed by atoms with Crippen molar-refractivity contribution in [2.24, 2.45) is 0 Å². The Balaban J connectivity index is 3.04. The normalized spacial score (nSPS) is 11.1. The lowest BCUT2D eigenvalue weighted by atomic mass is 9.89. The van der Waals surface area contributed by atoms with Crippen LogP contribution in [0.5, 0.6) is 5.75 Å². The number of rotatable bonds is 12. The fraction of sp³-hybridized carbons (Fsp3) is 0.714. The molecule has 0 heterocycles. The maximum absolute atomic E-state index is 10.5. The Morgan fingerprint density at radius 2 is 1.13 bits per heavy atom. The Labute approximate surface area is 146 Å². The summed E-state index contributed by atoms with van der Waals surface area (Å²) in [5, 5.41) is 11.7. The standard InChI is InChI=1S/C21H37OP/c1-4-7-10-13-17-18(14-11-8-5-2)20(22)16-21(23)19(17)15-12-9-6-3/h16,22H,4-15,23H2,1-3H3. The molecule has 0 bridgehead atoms. The van der Waals surface area contributed by atoms with Gasteiger partial charge >= 0.3 is 0 Å². The largest absolute Gasteiger partial charge is 0.508 e. The van der Waals surface area contributed by atoms with Gasteiger partial charge in [0.05, 0.1) is 0 Å². The molecule has 1 aromatic rings. The molecule has 0 aliphatic carbocycles. The zero-order valence-electron chi connectivity index (χ0n) is 15.6. The number of phenols is 1. The Morgan fingerprint density at radius 1 is 0.696 bits per heavy atom. The van der Waals surface area contributed by atoms with Gasteiger partial charge in [0.25, 0.3) is 0 Å². The molecule has 0 saturated heterocycles. The summed E-state index contributed by atoms with van der Waals surface area (Å²) in [6, 6.07) is 1.98. The van der Waals surface area contributed by atoms with E-state index in [1.165, 1.54) is 79.8 Å². The zero-order chi connectivity index (χ0) is 17.1. The molecule has 0 amide bonds. The third-order valence-corrected chi connectivity index (χ3v) is 5.28. The van der Waals surface area contributed by atoms with Gasteiger partial charge in [-0.3, -0.25) is 0 Å². The number of hydrogen-bond donors (Lipinski definition) is 1. The molecule has 1 atom stereocenters. The van der Waals surface area contributed by atoms with Gasteiger partial charge in [-0.1, -0.05) is 59.3 Å². The maximum Gasteiger partial charge on any atom is 0.119 e. The van der Waals surface area contributed by atoms with Crippen molar-refractivity contribution in [2.75, 3.05) is 0 Å². The predicted octanol–water partition coefficient (Wildman–Crippen LogP) is 6.09. The van der Waals surface area contributed by atoms with E-state index in [1.54, 1.807) is 0 Å². The molecule has 0 radical (unpaired) electrons. The van der Waals surface area contributed by atoms with E-state index in [4.69, 9.17) is 0 Å². The molecule has 0 aliphatic rings. The van der Waals surface area contributed by atoms with Gasteiger partial charge < -0.3 is 5.11 Å². The van der Waals surface area contributed by atoms with Gasteiger partial charge in [-0.25, -0.2) is 0 Å². The average molecular weight is 337 g/mol. The van der Waals surface area contributed by atoms with Crippen LogP contribution in [-0.2, 0) is 19.3 Å². The van der Waals surface area contributed by atoms with Crippen LogP contribution in [0.2, 0.25) is 0 Å². The van der Waals surface area contributed by atoms with E-state index in [9.17, 15) is 5.11 Å². The number of benzene rings is 1. The fourth-order valence-corrected chi connectivity index (χ4v) is 3.84. The average Bonchev–Trinajstić information content (AvgIpc) is 2.53. The second-order valence-electron chi connectivity index (χ2n) is 6.79. The first-order chi connectivity index (χ1) is 11.2. The molecule has 1 unspecified atom stereocenters. The van der Waals surface area contributed by atoms with Crippen LogP contribution in [-0.4, -0.2) is 5.11 Å². The van der Waals surface area contributed by atoms with E-state index in [1.807, 2.05) is 6.07 Å². The smallest absolute Gasteiger partial charge is 0.119 e. The summed E-state index contributed by atoms with van der Waals surface area (Å²) < 4.78 is 0. The van der Waals surface area contributed by atoms with Crippen molar-refractivity contribution in [3.8, 4) is 5.75 Å². The minimum absolute atomic E-state index is 0.525. The summed E-state index contributed by atoms with van der Waals surface area (Å²) in [6.45, 7) is 6.76. The van der Waals surface area contributed by atoms with Crippen molar-refractivity contribution in [3.05, 3.63) is 22.8 Å². The summed E-state index contributed by atoms with van der Waals surface area (Å²) in [4.78, 5) is 0. The highest BCUT2D eigenvalue weighted by Crippen LogP contribution is 2.29. The van der Waals surface area contributed by atoms with Gasteiger partial charge in [0.2, 0.25) is 0 Å². The van der Waals surface area contributed by atoms with Crippen LogP contribution in [0.4, 0.5) is 0 Å². The van der Waals surface area contributed by atoms with Gasteiger partial charge in [0.15, 0.2) is 0 Å². The summed E-state index contributed by atoms with van der Waals surface area (Å²) in [7, 11) is 2.86. The van der Waals surface area contributed by atoms with Crippen LogP contribution in [0.15, 0.2) is 6.07 Å². The van der Waals surface area contributed by atoms with Crippen LogP contribution >= 0.6 is 9.24 Å². The molecular formula is C21H37OP. The van der Waals surface area contributed by atoms with Gasteiger partial charge in [-0.2, -0.15) is 0 Å². The van der Waals surface area contributed by atoms with Crippen LogP contribution in [0, 0.1) is 0 Å². The topological polar surface area (TPSA) is 20.2 Å².